The lowest BCUT2D eigenvalue weighted by molar-refractivity contribution is 0.0816. The van der Waals surface area contributed by atoms with E-state index in [0.717, 1.165) is 13.1 Å². The molecule has 0 radical (unpaired) electrons. The summed E-state index contributed by atoms with van der Waals surface area (Å²) in [6.45, 7) is 1.59. The maximum Gasteiger partial charge on any atom is 0.0949 e. The third-order valence-electron chi connectivity index (χ3n) is 2.48. The van der Waals surface area contributed by atoms with Crippen molar-refractivity contribution in [3.8, 4) is 0 Å². The van der Waals surface area contributed by atoms with Gasteiger partial charge in [-0.2, -0.15) is 0 Å². The standard InChI is InChI=1S/C8H14N4O/c1-13-8-5-12(9)4-7(8)11-3-2-10-6-11/h2-3,6-8H,4-5,9H2,1H3/t7-,8-/m1/s1. The fraction of sp³-hybridized carbons (Fsp3) is 0.625. The van der Waals surface area contributed by atoms with Crippen LogP contribution in [-0.2, 0) is 4.74 Å². The molecule has 1 saturated heterocycles. The van der Waals surface area contributed by atoms with Gasteiger partial charge in [0.2, 0.25) is 0 Å². The van der Waals surface area contributed by atoms with Gasteiger partial charge in [0.05, 0.1) is 18.5 Å². The second-order valence-corrected chi connectivity index (χ2v) is 3.31. The van der Waals surface area contributed by atoms with Gasteiger partial charge in [0.1, 0.15) is 0 Å². The van der Waals surface area contributed by atoms with Gasteiger partial charge in [-0.15, -0.1) is 0 Å². The number of ether oxygens (including phenoxy) is 1. The first-order chi connectivity index (χ1) is 6.31. The van der Waals surface area contributed by atoms with E-state index in [1.54, 1.807) is 24.6 Å². The Morgan fingerprint density at radius 2 is 2.38 bits per heavy atom. The maximum atomic E-state index is 5.72. The molecule has 1 aromatic rings. The number of aromatic nitrogens is 2. The second kappa shape index (κ2) is 3.45. The summed E-state index contributed by atoms with van der Waals surface area (Å²) >= 11 is 0. The smallest absolute Gasteiger partial charge is 0.0949 e. The van der Waals surface area contributed by atoms with Crippen molar-refractivity contribution < 1.29 is 4.74 Å². The summed E-state index contributed by atoms with van der Waals surface area (Å²) in [5, 5.41) is 1.78. The van der Waals surface area contributed by atoms with Gasteiger partial charge < -0.3 is 9.30 Å². The molecular weight excluding hydrogens is 168 g/mol. The first-order valence-electron chi connectivity index (χ1n) is 4.31. The van der Waals surface area contributed by atoms with Crippen LogP contribution >= 0.6 is 0 Å². The molecule has 0 aromatic carbocycles. The van der Waals surface area contributed by atoms with Crippen molar-refractivity contribution >= 4 is 0 Å². The van der Waals surface area contributed by atoms with E-state index in [0.29, 0.717) is 0 Å². The Kier molecular flexibility index (Phi) is 2.30. The molecule has 2 heterocycles. The summed E-state index contributed by atoms with van der Waals surface area (Å²) in [4.78, 5) is 4.01. The molecule has 5 nitrogen and oxygen atoms in total. The molecule has 0 unspecified atom stereocenters. The van der Waals surface area contributed by atoms with Crippen LogP contribution in [0.25, 0.3) is 0 Å². The Morgan fingerprint density at radius 3 is 3.00 bits per heavy atom. The van der Waals surface area contributed by atoms with E-state index in [1.165, 1.54) is 0 Å². The van der Waals surface area contributed by atoms with E-state index in [1.807, 2.05) is 10.8 Å². The summed E-state index contributed by atoms with van der Waals surface area (Å²) in [5.41, 5.74) is 0. The average Bonchev–Trinajstić information content (AvgIpc) is 2.71. The van der Waals surface area contributed by atoms with Crippen LogP contribution in [0.2, 0.25) is 0 Å². The van der Waals surface area contributed by atoms with Crippen LogP contribution in [0.15, 0.2) is 18.7 Å². The van der Waals surface area contributed by atoms with E-state index >= 15 is 0 Å². The fourth-order valence-electron chi connectivity index (χ4n) is 1.77. The largest absolute Gasteiger partial charge is 0.378 e. The highest BCUT2D eigenvalue weighted by Gasteiger charge is 2.32. The zero-order valence-corrected chi connectivity index (χ0v) is 7.63. The number of hydrogen-bond donors (Lipinski definition) is 1. The average molecular weight is 182 g/mol. The Morgan fingerprint density at radius 1 is 1.54 bits per heavy atom. The van der Waals surface area contributed by atoms with Crippen molar-refractivity contribution in [1.82, 2.24) is 14.6 Å². The van der Waals surface area contributed by atoms with Crippen LogP contribution in [0.5, 0.6) is 0 Å². The van der Waals surface area contributed by atoms with Gasteiger partial charge in [0.15, 0.2) is 0 Å². The third kappa shape index (κ3) is 1.58. The van der Waals surface area contributed by atoms with Gasteiger partial charge in [-0.25, -0.2) is 9.99 Å². The van der Waals surface area contributed by atoms with Crippen molar-refractivity contribution in [2.45, 2.75) is 12.1 Å². The number of hydrogen-bond acceptors (Lipinski definition) is 4. The fourth-order valence-corrected chi connectivity index (χ4v) is 1.77. The van der Waals surface area contributed by atoms with Crippen molar-refractivity contribution in [2.75, 3.05) is 20.2 Å². The predicted octanol–water partition coefficient (Wildman–Crippen LogP) is -0.371. The zero-order valence-electron chi connectivity index (χ0n) is 7.63. The molecule has 0 spiro atoms. The van der Waals surface area contributed by atoms with Crippen LogP contribution in [0, 0.1) is 0 Å². The molecule has 2 rings (SSSR count). The monoisotopic (exact) mass is 182 g/mol. The summed E-state index contributed by atoms with van der Waals surface area (Å²) in [6, 6.07) is 0.289. The molecule has 1 fully saturated rings. The Hall–Kier alpha value is -0.910. The lowest BCUT2D eigenvalue weighted by atomic mass is 10.2. The maximum absolute atomic E-state index is 5.72. The first kappa shape index (κ1) is 8.68. The van der Waals surface area contributed by atoms with Gasteiger partial charge in [-0.1, -0.05) is 0 Å². The molecule has 0 bridgehead atoms. The molecule has 72 valence electrons. The SMILES string of the molecule is CO[C@@H]1CN(N)C[C@H]1n1ccnc1. The molecule has 1 aromatic heterocycles. The Labute approximate surface area is 77.1 Å². The molecule has 2 N–H and O–H groups in total. The molecule has 0 amide bonds. The Balaban J connectivity index is 2.14. The molecular formula is C8H14N4O. The quantitative estimate of drug-likeness (QED) is 0.634. The van der Waals surface area contributed by atoms with Crippen LogP contribution in [0.1, 0.15) is 6.04 Å². The lowest BCUT2D eigenvalue weighted by Crippen LogP contribution is -2.29. The molecule has 13 heavy (non-hydrogen) atoms. The van der Waals surface area contributed by atoms with E-state index in [2.05, 4.69) is 4.98 Å². The second-order valence-electron chi connectivity index (χ2n) is 3.31. The number of rotatable bonds is 2. The van der Waals surface area contributed by atoms with Crippen molar-refractivity contribution in [3.63, 3.8) is 0 Å². The highest BCUT2D eigenvalue weighted by molar-refractivity contribution is 4.91. The summed E-state index contributed by atoms with van der Waals surface area (Å²) < 4.78 is 7.39. The third-order valence-corrected chi connectivity index (χ3v) is 2.48. The van der Waals surface area contributed by atoms with Crippen LogP contribution in [0.3, 0.4) is 0 Å². The highest BCUT2D eigenvalue weighted by Crippen LogP contribution is 2.21. The lowest BCUT2D eigenvalue weighted by Gasteiger charge is -2.17. The van der Waals surface area contributed by atoms with E-state index < -0.39 is 0 Å². The number of hydrazine groups is 1. The van der Waals surface area contributed by atoms with Crippen LogP contribution < -0.4 is 5.84 Å². The number of nitrogens with zero attached hydrogens (tertiary/aromatic N) is 3. The minimum atomic E-state index is 0.166. The van der Waals surface area contributed by atoms with Crippen molar-refractivity contribution in [2.24, 2.45) is 5.84 Å². The van der Waals surface area contributed by atoms with Gasteiger partial charge in [-0.3, -0.25) is 5.84 Å². The molecule has 5 heteroatoms. The van der Waals surface area contributed by atoms with Gasteiger partial charge in [0, 0.05) is 32.6 Å². The minimum absolute atomic E-state index is 0.166. The molecule has 0 aliphatic carbocycles. The molecule has 1 aliphatic heterocycles. The minimum Gasteiger partial charge on any atom is -0.378 e. The number of nitrogens with two attached hydrogens (primary N) is 1. The summed E-state index contributed by atoms with van der Waals surface area (Å²) in [6.07, 6.45) is 5.68. The van der Waals surface area contributed by atoms with E-state index in [9.17, 15) is 0 Å². The number of methoxy groups -OCH3 is 1. The van der Waals surface area contributed by atoms with Crippen molar-refractivity contribution in [3.05, 3.63) is 18.7 Å². The summed E-state index contributed by atoms with van der Waals surface area (Å²) in [5.74, 6) is 5.72. The molecule has 0 saturated carbocycles. The predicted molar refractivity (Wildman–Crippen MR) is 47.8 cm³/mol. The molecule has 2 atom stereocenters. The summed E-state index contributed by atoms with van der Waals surface area (Å²) in [7, 11) is 1.72. The number of imidazole rings is 1. The van der Waals surface area contributed by atoms with Gasteiger partial charge in [-0.05, 0) is 0 Å². The zero-order chi connectivity index (χ0) is 9.26. The van der Waals surface area contributed by atoms with Gasteiger partial charge in [0.25, 0.3) is 0 Å². The normalized spacial score (nSPS) is 29.7. The van der Waals surface area contributed by atoms with Gasteiger partial charge >= 0.3 is 0 Å². The highest BCUT2D eigenvalue weighted by atomic mass is 16.5. The van der Waals surface area contributed by atoms with Crippen molar-refractivity contribution in [1.29, 1.82) is 0 Å². The van der Waals surface area contributed by atoms with E-state index in [4.69, 9.17) is 10.6 Å². The molecule has 1 aliphatic rings. The van der Waals surface area contributed by atoms with E-state index in [-0.39, 0.29) is 12.1 Å². The first-order valence-corrected chi connectivity index (χ1v) is 4.31. The topological polar surface area (TPSA) is 56.3 Å². The van der Waals surface area contributed by atoms with Crippen LogP contribution in [-0.4, -0.2) is 40.9 Å². The Bertz CT molecular complexity index is 261. The van der Waals surface area contributed by atoms with Crippen LogP contribution in [0.4, 0.5) is 0 Å².